The van der Waals surface area contributed by atoms with E-state index in [1.807, 2.05) is 38.7 Å². The molecule has 0 radical (unpaired) electrons. The molecule has 0 unspecified atom stereocenters. The first kappa shape index (κ1) is 13.8. The summed E-state index contributed by atoms with van der Waals surface area (Å²) in [4.78, 5) is 8.60. The third kappa shape index (κ3) is 2.87. The van der Waals surface area contributed by atoms with Crippen LogP contribution in [0.1, 0.15) is 29.6 Å². The number of hydrogen-bond donors (Lipinski definition) is 1. The lowest BCUT2D eigenvalue weighted by molar-refractivity contribution is 0.738. The van der Waals surface area contributed by atoms with Gasteiger partial charge in [0.1, 0.15) is 16.8 Å². The fourth-order valence-corrected chi connectivity index (χ4v) is 2.26. The van der Waals surface area contributed by atoms with Crippen LogP contribution in [0.3, 0.4) is 0 Å². The molecule has 2 aromatic heterocycles. The van der Waals surface area contributed by atoms with Gasteiger partial charge in [-0.3, -0.25) is 4.68 Å². The second kappa shape index (κ2) is 5.57. The van der Waals surface area contributed by atoms with E-state index in [-0.39, 0.29) is 0 Å². The first-order chi connectivity index (χ1) is 9.02. The van der Waals surface area contributed by atoms with Crippen molar-refractivity contribution in [3.8, 4) is 0 Å². The molecule has 0 aliphatic heterocycles. The van der Waals surface area contributed by atoms with Crippen molar-refractivity contribution < 1.29 is 0 Å². The highest BCUT2D eigenvalue weighted by atomic mass is 35.5. The minimum Gasteiger partial charge on any atom is -0.365 e. The molecule has 1 N–H and O–H groups in total. The molecule has 19 heavy (non-hydrogen) atoms. The van der Waals surface area contributed by atoms with Gasteiger partial charge in [0, 0.05) is 30.4 Å². The third-order valence-corrected chi connectivity index (χ3v) is 3.52. The van der Waals surface area contributed by atoms with Gasteiger partial charge in [0.15, 0.2) is 0 Å². The number of aryl methyl sites for hydroxylation is 2. The van der Waals surface area contributed by atoms with Crippen molar-refractivity contribution in [2.24, 2.45) is 7.05 Å². The number of halogens is 1. The molecule has 0 saturated carbocycles. The van der Waals surface area contributed by atoms with E-state index in [9.17, 15) is 0 Å². The normalized spacial score (nSPS) is 10.8. The average Bonchev–Trinajstić information content (AvgIpc) is 2.67. The highest BCUT2D eigenvalue weighted by Gasteiger charge is 2.11. The predicted molar refractivity (Wildman–Crippen MR) is 76.4 cm³/mol. The molecule has 0 aliphatic rings. The molecule has 0 aromatic carbocycles. The second-order valence-electron chi connectivity index (χ2n) is 4.47. The summed E-state index contributed by atoms with van der Waals surface area (Å²) in [5, 5.41) is 8.08. The van der Waals surface area contributed by atoms with E-state index < -0.39 is 0 Å². The Labute approximate surface area is 118 Å². The molecule has 0 atom stereocenters. The Hall–Kier alpha value is -1.62. The van der Waals surface area contributed by atoms with E-state index in [2.05, 4.69) is 20.4 Å². The maximum atomic E-state index is 6.14. The van der Waals surface area contributed by atoms with E-state index in [1.165, 1.54) is 0 Å². The zero-order valence-corrected chi connectivity index (χ0v) is 12.4. The van der Waals surface area contributed by atoms with Crippen LogP contribution in [0.25, 0.3) is 0 Å². The molecule has 2 rings (SSSR count). The van der Waals surface area contributed by atoms with Crippen LogP contribution in [0.15, 0.2) is 6.20 Å². The first-order valence-corrected chi connectivity index (χ1v) is 6.65. The standard InChI is InChI=1S/C13H18ClN5/c1-5-11-12(14)17-9(3)18-13(11)15-6-10-7-16-19(4)8(10)2/h7H,5-6H2,1-4H3,(H,15,17,18). The molecule has 0 fully saturated rings. The van der Waals surface area contributed by atoms with Crippen LogP contribution in [0, 0.1) is 13.8 Å². The fraction of sp³-hybridized carbons (Fsp3) is 0.462. The van der Waals surface area contributed by atoms with E-state index in [1.54, 1.807) is 0 Å². The summed E-state index contributed by atoms with van der Waals surface area (Å²) in [5.74, 6) is 1.48. The molecule has 0 aliphatic carbocycles. The van der Waals surface area contributed by atoms with Gasteiger partial charge in [-0.25, -0.2) is 9.97 Å². The molecule has 0 bridgehead atoms. The van der Waals surface area contributed by atoms with Crippen LogP contribution in [-0.4, -0.2) is 19.7 Å². The van der Waals surface area contributed by atoms with Gasteiger partial charge >= 0.3 is 0 Å². The van der Waals surface area contributed by atoms with Gasteiger partial charge in [0.05, 0.1) is 6.20 Å². The number of nitrogens with zero attached hydrogens (tertiary/aromatic N) is 4. The lowest BCUT2D eigenvalue weighted by atomic mass is 10.2. The Kier molecular flexibility index (Phi) is 4.04. The third-order valence-electron chi connectivity index (χ3n) is 3.21. The van der Waals surface area contributed by atoms with E-state index in [0.717, 1.165) is 29.1 Å². The van der Waals surface area contributed by atoms with E-state index in [4.69, 9.17) is 11.6 Å². The van der Waals surface area contributed by atoms with Crippen molar-refractivity contribution in [3.63, 3.8) is 0 Å². The zero-order chi connectivity index (χ0) is 14.0. The number of nitrogens with one attached hydrogen (secondary N) is 1. The smallest absolute Gasteiger partial charge is 0.138 e. The lowest BCUT2D eigenvalue weighted by Gasteiger charge is -2.11. The highest BCUT2D eigenvalue weighted by Crippen LogP contribution is 2.22. The SMILES string of the molecule is CCc1c(Cl)nc(C)nc1NCc1cnn(C)c1C. The highest BCUT2D eigenvalue weighted by molar-refractivity contribution is 6.30. The summed E-state index contributed by atoms with van der Waals surface area (Å²) >= 11 is 6.14. The molecule has 102 valence electrons. The first-order valence-electron chi connectivity index (χ1n) is 6.27. The molecule has 0 amide bonds. The number of anilines is 1. The predicted octanol–water partition coefficient (Wildman–Crippen LogP) is 2.65. The van der Waals surface area contributed by atoms with Crippen molar-refractivity contribution in [3.05, 3.63) is 34.0 Å². The van der Waals surface area contributed by atoms with Crippen LogP contribution in [0.5, 0.6) is 0 Å². The minimum atomic E-state index is 0.528. The monoisotopic (exact) mass is 279 g/mol. The Morgan fingerprint density at radius 2 is 2.05 bits per heavy atom. The maximum absolute atomic E-state index is 6.14. The second-order valence-corrected chi connectivity index (χ2v) is 4.83. The molecule has 0 spiro atoms. The minimum absolute atomic E-state index is 0.528. The summed E-state index contributed by atoms with van der Waals surface area (Å²) in [6.45, 7) is 6.61. The maximum Gasteiger partial charge on any atom is 0.138 e. The van der Waals surface area contributed by atoms with Gasteiger partial charge in [0.2, 0.25) is 0 Å². The van der Waals surface area contributed by atoms with Gasteiger partial charge in [-0.05, 0) is 20.3 Å². The number of rotatable bonds is 4. The van der Waals surface area contributed by atoms with Gasteiger partial charge < -0.3 is 5.32 Å². The van der Waals surface area contributed by atoms with Gasteiger partial charge in [-0.2, -0.15) is 5.10 Å². The van der Waals surface area contributed by atoms with Gasteiger partial charge in [-0.15, -0.1) is 0 Å². The summed E-state index contributed by atoms with van der Waals surface area (Å²) < 4.78 is 1.86. The van der Waals surface area contributed by atoms with E-state index >= 15 is 0 Å². The largest absolute Gasteiger partial charge is 0.365 e. The quantitative estimate of drug-likeness (QED) is 0.874. The van der Waals surface area contributed by atoms with Crippen LogP contribution < -0.4 is 5.32 Å². The van der Waals surface area contributed by atoms with Crippen molar-refractivity contribution in [1.29, 1.82) is 0 Å². The molecule has 2 heterocycles. The fourth-order valence-electron chi connectivity index (χ4n) is 1.92. The average molecular weight is 280 g/mol. The van der Waals surface area contributed by atoms with Crippen LogP contribution in [0.4, 0.5) is 5.82 Å². The molecule has 2 aromatic rings. The van der Waals surface area contributed by atoms with Crippen molar-refractivity contribution in [2.45, 2.75) is 33.7 Å². The molecular weight excluding hydrogens is 262 g/mol. The molecule has 5 nitrogen and oxygen atoms in total. The zero-order valence-electron chi connectivity index (χ0n) is 11.7. The lowest BCUT2D eigenvalue weighted by Crippen LogP contribution is -2.08. The van der Waals surface area contributed by atoms with Crippen LogP contribution in [-0.2, 0) is 20.0 Å². The van der Waals surface area contributed by atoms with E-state index in [0.29, 0.717) is 17.5 Å². The molecule has 0 saturated heterocycles. The Bertz CT molecular complexity index is 591. The summed E-state index contributed by atoms with van der Waals surface area (Å²) in [6, 6.07) is 0. The van der Waals surface area contributed by atoms with Crippen LogP contribution in [0.2, 0.25) is 5.15 Å². The van der Waals surface area contributed by atoms with Gasteiger partial charge in [0.25, 0.3) is 0 Å². The summed E-state index contributed by atoms with van der Waals surface area (Å²) in [5.41, 5.74) is 3.24. The Balaban J connectivity index is 2.22. The topological polar surface area (TPSA) is 55.6 Å². The molecular formula is C13H18ClN5. The van der Waals surface area contributed by atoms with Crippen LogP contribution >= 0.6 is 11.6 Å². The van der Waals surface area contributed by atoms with Crippen molar-refractivity contribution in [1.82, 2.24) is 19.7 Å². The summed E-state index contributed by atoms with van der Waals surface area (Å²) in [6.07, 6.45) is 2.66. The van der Waals surface area contributed by atoms with Crippen molar-refractivity contribution >= 4 is 17.4 Å². The summed E-state index contributed by atoms with van der Waals surface area (Å²) in [7, 11) is 1.93. The van der Waals surface area contributed by atoms with Crippen molar-refractivity contribution in [2.75, 3.05) is 5.32 Å². The Morgan fingerprint density at radius 3 is 2.63 bits per heavy atom. The number of hydrogen-bond acceptors (Lipinski definition) is 4. The molecule has 6 heteroatoms. The Morgan fingerprint density at radius 1 is 1.32 bits per heavy atom. The van der Waals surface area contributed by atoms with Gasteiger partial charge in [-0.1, -0.05) is 18.5 Å². The number of aromatic nitrogens is 4.